The molecule has 0 aliphatic carbocycles. The van der Waals surface area contributed by atoms with Crippen LogP contribution in [0.5, 0.6) is 0 Å². The topological polar surface area (TPSA) is 36.4 Å². The lowest BCUT2D eigenvalue weighted by molar-refractivity contribution is 0.202. The fraction of sp³-hybridized carbons (Fsp3) is 0.750. The first-order valence-electron chi connectivity index (χ1n) is 5.89. The van der Waals surface area contributed by atoms with Gasteiger partial charge in [-0.3, -0.25) is 0 Å². The van der Waals surface area contributed by atoms with Gasteiger partial charge in [0.2, 0.25) is 0 Å². The molecule has 92 valence electrons. The Morgan fingerprint density at radius 3 is 2.31 bits per heavy atom. The fourth-order valence-corrected chi connectivity index (χ4v) is 2.96. The molecule has 3 nitrogen and oxygen atoms in total. The van der Waals surface area contributed by atoms with Gasteiger partial charge >= 0.3 is 0 Å². The summed E-state index contributed by atoms with van der Waals surface area (Å²) >= 11 is 1.60. The van der Waals surface area contributed by atoms with Crippen molar-refractivity contribution in [1.82, 2.24) is 4.98 Å². The third-order valence-corrected chi connectivity index (χ3v) is 4.41. The molecule has 16 heavy (non-hydrogen) atoms. The molecule has 4 heteroatoms. The van der Waals surface area contributed by atoms with Gasteiger partial charge in [0.15, 0.2) is 5.13 Å². The van der Waals surface area contributed by atoms with E-state index in [1.165, 1.54) is 0 Å². The summed E-state index contributed by atoms with van der Waals surface area (Å²) in [4.78, 5) is 7.74. The normalized spacial score (nSPS) is 13.2. The second-order valence-corrected chi connectivity index (χ2v) is 5.21. The van der Waals surface area contributed by atoms with Crippen LogP contribution in [0.2, 0.25) is 0 Å². The monoisotopic (exact) mass is 242 g/mol. The molecule has 1 aromatic heterocycles. The maximum atomic E-state index is 9.60. The minimum atomic E-state index is -0.415. The molecule has 0 fully saturated rings. The third kappa shape index (κ3) is 2.74. The highest BCUT2D eigenvalue weighted by Crippen LogP contribution is 2.31. The fourth-order valence-electron chi connectivity index (χ4n) is 1.92. The Morgan fingerprint density at radius 1 is 1.38 bits per heavy atom. The zero-order valence-electron chi connectivity index (χ0n) is 10.8. The van der Waals surface area contributed by atoms with Crippen LogP contribution in [-0.4, -0.2) is 23.2 Å². The summed E-state index contributed by atoms with van der Waals surface area (Å²) < 4.78 is 0. The molecular weight excluding hydrogens is 220 g/mol. The molecule has 0 saturated heterocycles. The van der Waals surface area contributed by atoms with Crippen molar-refractivity contribution in [2.45, 2.75) is 52.7 Å². The Morgan fingerprint density at radius 2 is 1.94 bits per heavy atom. The lowest BCUT2D eigenvalue weighted by Gasteiger charge is -2.25. The molecule has 0 saturated carbocycles. The van der Waals surface area contributed by atoms with Crippen molar-refractivity contribution in [2.24, 2.45) is 0 Å². The second-order valence-electron chi connectivity index (χ2n) is 4.20. The molecule has 1 rings (SSSR count). The predicted molar refractivity (Wildman–Crippen MR) is 70.3 cm³/mol. The van der Waals surface area contributed by atoms with Gasteiger partial charge in [-0.15, -0.1) is 0 Å². The van der Waals surface area contributed by atoms with Crippen molar-refractivity contribution < 1.29 is 5.11 Å². The molecular formula is C12H22N2OS. The van der Waals surface area contributed by atoms with Gasteiger partial charge in [0.25, 0.3) is 0 Å². The van der Waals surface area contributed by atoms with Crippen LogP contribution in [-0.2, 0) is 0 Å². The lowest BCUT2D eigenvalue weighted by Crippen LogP contribution is -2.30. The third-order valence-electron chi connectivity index (χ3n) is 2.99. The van der Waals surface area contributed by atoms with E-state index in [-0.39, 0.29) is 0 Å². The Hall–Kier alpha value is -0.610. The minimum absolute atomic E-state index is 0.415. The molecule has 0 bridgehead atoms. The van der Waals surface area contributed by atoms with Crippen molar-refractivity contribution in [3.8, 4) is 0 Å². The van der Waals surface area contributed by atoms with Gasteiger partial charge in [-0.05, 0) is 26.7 Å². The second kappa shape index (κ2) is 5.64. The molecule has 0 radical (unpaired) electrons. The summed E-state index contributed by atoms with van der Waals surface area (Å²) in [5.74, 6) is 0. The zero-order chi connectivity index (χ0) is 12.3. The molecule has 1 unspecified atom stereocenters. The summed E-state index contributed by atoms with van der Waals surface area (Å²) in [5.41, 5.74) is 0.952. The molecule has 1 atom stereocenters. The van der Waals surface area contributed by atoms with Crippen LogP contribution in [0.3, 0.4) is 0 Å². The largest absolute Gasteiger partial charge is 0.388 e. The van der Waals surface area contributed by atoms with E-state index >= 15 is 0 Å². The van der Waals surface area contributed by atoms with E-state index in [2.05, 4.69) is 30.8 Å². The molecule has 0 aliphatic rings. The summed E-state index contributed by atoms with van der Waals surface area (Å²) in [6.45, 7) is 8.14. The van der Waals surface area contributed by atoms with Crippen molar-refractivity contribution in [2.75, 3.05) is 11.9 Å². The summed E-state index contributed by atoms with van der Waals surface area (Å²) in [7, 11) is 2.09. The van der Waals surface area contributed by atoms with Gasteiger partial charge in [0.05, 0.1) is 16.7 Å². The maximum absolute atomic E-state index is 9.60. The highest BCUT2D eigenvalue weighted by molar-refractivity contribution is 7.15. The number of hydrogen-bond acceptors (Lipinski definition) is 4. The lowest BCUT2D eigenvalue weighted by atomic mass is 10.1. The minimum Gasteiger partial charge on any atom is -0.388 e. The van der Waals surface area contributed by atoms with E-state index in [4.69, 9.17) is 0 Å². The number of rotatable bonds is 5. The van der Waals surface area contributed by atoms with Crippen LogP contribution in [0.25, 0.3) is 0 Å². The van der Waals surface area contributed by atoms with E-state index < -0.39 is 6.10 Å². The molecule has 0 aromatic carbocycles. The van der Waals surface area contributed by atoms with Crippen LogP contribution in [0.15, 0.2) is 0 Å². The quantitative estimate of drug-likeness (QED) is 0.861. The molecule has 1 aromatic rings. The standard InChI is InChI=1S/C12H22N2OS/c1-6-10(7-2)14(5)12-13-8(3)11(16-12)9(4)15/h9-10,15H,6-7H2,1-5H3. The average molecular weight is 242 g/mol. The van der Waals surface area contributed by atoms with E-state index in [1.54, 1.807) is 18.3 Å². The number of thiazole rings is 1. The Labute approximate surface area is 102 Å². The highest BCUT2D eigenvalue weighted by Gasteiger charge is 2.18. The van der Waals surface area contributed by atoms with Crippen LogP contribution in [0.4, 0.5) is 5.13 Å². The van der Waals surface area contributed by atoms with Crippen molar-refractivity contribution in [1.29, 1.82) is 0 Å². The van der Waals surface area contributed by atoms with E-state index in [9.17, 15) is 5.11 Å². The number of aliphatic hydroxyl groups is 1. The SMILES string of the molecule is CCC(CC)N(C)c1nc(C)c(C(C)O)s1. The van der Waals surface area contributed by atoms with Crippen LogP contribution in [0.1, 0.15) is 50.3 Å². The molecule has 1 N–H and O–H groups in total. The number of aromatic nitrogens is 1. The van der Waals surface area contributed by atoms with Gasteiger partial charge in [-0.1, -0.05) is 25.2 Å². The van der Waals surface area contributed by atoms with Crippen LogP contribution >= 0.6 is 11.3 Å². The number of aryl methyl sites for hydroxylation is 1. The average Bonchev–Trinajstić information content (AvgIpc) is 2.62. The number of nitrogens with zero attached hydrogens (tertiary/aromatic N) is 2. The van der Waals surface area contributed by atoms with Crippen LogP contribution < -0.4 is 4.90 Å². The molecule has 0 spiro atoms. The van der Waals surface area contributed by atoms with Gasteiger partial charge in [0, 0.05) is 13.1 Å². The summed E-state index contributed by atoms with van der Waals surface area (Å²) in [6.07, 6.45) is 1.83. The van der Waals surface area contributed by atoms with E-state index in [1.807, 2.05) is 6.92 Å². The highest BCUT2D eigenvalue weighted by atomic mass is 32.1. The maximum Gasteiger partial charge on any atom is 0.185 e. The first kappa shape index (κ1) is 13.5. The van der Waals surface area contributed by atoms with E-state index in [0.29, 0.717) is 6.04 Å². The number of aliphatic hydroxyl groups excluding tert-OH is 1. The molecule has 0 amide bonds. The van der Waals surface area contributed by atoms with Gasteiger partial charge in [-0.25, -0.2) is 4.98 Å². The smallest absolute Gasteiger partial charge is 0.185 e. The van der Waals surface area contributed by atoms with Gasteiger partial charge < -0.3 is 10.0 Å². The zero-order valence-corrected chi connectivity index (χ0v) is 11.6. The van der Waals surface area contributed by atoms with Crippen molar-refractivity contribution in [3.63, 3.8) is 0 Å². The number of hydrogen-bond donors (Lipinski definition) is 1. The Bertz CT molecular complexity index is 332. The summed E-state index contributed by atoms with van der Waals surface area (Å²) in [6, 6.07) is 0.535. The first-order chi connectivity index (χ1) is 7.51. The van der Waals surface area contributed by atoms with Crippen molar-refractivity contribution >= 4 is 16.5 Å². The van der Waals surface area contributed by atoms with E-state index in [0.717, 1.165) is 28.5 Å². The van der Waals surface area contributed by atoms with Gasteiger partial charge in [-0.2, -0.15) is 0 Å². The molecule has 0 aliphatic heterocycles. The number of anilines is 1. The van der Waals surface area contributed by atoms with Crippen molar-refractivity contribution in [3.05, 3.63) is 10.6 Å². The van der Waals surface area contributed by atoms with Crippen LogP contribution in [0, 0.1) is 6.92 Å². The first-order valence-corrected chi connectivity index (χ1v) is 6.71. The van der Waals surface area contributed by atoms with Gasteiger partial charge in [0.1, 0.15) is 0 Å². The Kier molecular flexibility index (Phi) is 4.74. The predicted octanol–water partition coefficient (Wildman–Crippen LogP) is 3.13. The summed E-state index contributed by atoms with van der Waals surface area (Å²) in [5, 5.41) is 10.6. The molecule has 1 heterocycles. The Balaban J connectivity index is 2.92.